The Kier molecular flexibility index (Phi) is 1.96. The van der Waals surface area contributed by atoms with E-state index in [9.17, 15) is 0 Å². The average molecular weight is 179 g/mol. The van der Waals surface area contributed by atoms with Crippen LogP contribution >= 0.6 is 0 Å². The zero-order chi connectivity index (χ0) is 9.26. The Balaban J connectivity index is 2.39. The molecule has 4 nitrogen and oxygen atoms in total. The molecule has 4 heteroatoms. The van der Waals surface area contributed by atoms with E-state index in [2.05, 4.69) is 15.2 Å². The van der Waals surface area contributed by atoms with Gasteiger partial charge in [-0.1, -0.05) is 0 Å². The predicted molar refractivity (Wildman–Crippen MR) is 52.5 cm³/mol. The fourth-order valence-electron chi connectivity index (χ4n) is 1.38. The lowest BCUT2D eigenvalue weighted by Gasteiger charge is -2.27. The Bertz CT molecular complexity index is 314. The van der Waals surface area contributed by atoms with Crippen molar-refractivity contribution >= 4 is 11.5 Å². The van der Waals surface area contributed by atoms with Crippen molar-refractivity contribution in [2.24, 2.45) is 0 Å². The second kappa shape index (κ2) is 3.12. The third-order valence-corrected chi connectivity index (χ3v) is 2.20. The molecular weight excluding hydrogens is 166 g/mol. The van der Waals surface area contributed by atoms with Crippen LogP contribution in [0.15, 0.2) is 12.3 Å². The van der Waals surface area contributed by atoms with Crippen LogP contribution in [0.2, 0.25) is 0 Å². The summed E-state index contributed by atoms with van der Waals surface area (Å²) in [4.78, 5) is 6.37. The Labute approximate surface area is 77.5 Å². The molecule has 0 aromatic carbocycles. The van der Waals surface area contributed by atoms with Gasteiger partial charge in [0.05, 0.1) is 18.4 Å². The largest absolute Gasteiger partial charge is 0.489 e. The molecule has 1 aliphatic heterocycles. The number of anilines is 2. The third kappa shape index (κ3) is 1.39. The molecule has 0 fully saturated rings. The number of hydrogen-bond acceptors (Lipinski definition) is 4. The molecule has 0 radical (unpaired) electrons. The normalized spacial score (nSPS) is 14.8. The Hall–Kier alpha value is -1.45. The fraction of sp³-hybridized carbons (Fsp3) is 0.444. The summed E-state index contributed by atoms with van der Waals surface area (Å²) >= 11 is 0. The summed E-state index contributed by atoms with van der Waals surface area (Å²) in [5.74, 6) is 1.75. The summed E-state index contributed by atoms with van der Waals surface area (Å²) < 4.78 is 5.51. The lowest BCUT2D eigenvalue weighted by Crippen LogP contribution is -2.28. The zero-order valence-electron chi connectivity index (χ0n) is 7.87. The number of hydrogen-bond donors (Lipinski definition) is 1. The summed E-state index contributed by atoms with van der Waals surface area (Å²) in [5, 5.41) is 2.98. The number of likely N-dealkylation sites (N-methyl/N-ethyl adjacent to an activating group) is 1. The highest BCUT2D eigenvalue weighted by Gasteiger charge is 2.15. The summed E-state index contributed by atoms with van der Waals surface area (Å²) in [5.41, 5.74) is 1.06. The van der Waals surface area contributed by atoms with Crippen molar-refractivity contribution in [1.29, 1.82) is 0 Å². The van der Waals surface area contributed by atoms with Gasteiger partial charge < -0.3 is 15.0 Å². The Morgan fingerprint density at radius 2 is 2.46 bits per heavy atom. The first kappa shape index (κ1) is 8.16. The molecule has 2 rings (SSSR count). The first-order chi connectivity index (χ1) is 6.31. The van der Waals surface area contributed by atoms with Crippen LogP contribution in [0.3, 0.4) is 0 Å². The van der Waals surface area contributed by atoms with E-state index in [1.54, 1.807) is 0 Å². The third-order valence-electron chi connectivity index (χ3n) is 2.20. The van der Waals surface area contributed by atoms with Gasteiger partial charge in [-0.15, -0.1) is 0 Å². The van der Waals surface area contributed by atoms with Gasteiger partial charge in [-0.05, 0) is 0 Å². The van der Waals surface area contributed by atoms with E-state index >= 15 is 0 Å². The summed E-state index contributed by atoms with van der Waals surface area (Å²) in [6.45, 7) is 1.67. The molecule has 0 atom stereocenters. The van der Waals surface area contributed by atoms with Crippen LogP contribution in [0.5, 0.6) is 5.75 Å². The minimum atomic E-state index is 0.747. The molecule has 0 saturated heterocycles. The van der Waals surface area contributed by atoms with Crippen LogP contribution in [0.25, 0.3) is 0 Å². The van der Waals surface area contributed by atoms with Crippen LogP contribution in [0.1, 0.15) is 0 Å². The average Bonchev–Trinajstić information content (AvgIpc) is 2.18. The molecule has 70 valence electrons. The molecule has 1 N–H and O–H groups in total. The standard InChI is InChI=1S/C9H13N3O/c1-10-9-5-8-7(6-11-9)12(2)3-4-13-8/h5-6H,3-4H2,1-2H3,(H,10,11). The molecule has 1 aromatic heterocycles. The molecule has 0 spiro atoms. The van der Waals surface area contributed by atoms with Crippen molar-refractivity contribution in [3.8, 4) is 5.75 Å². The van der Waals surface area contributed by atoms with Gasteiger partial charge in [-0.2, -0.15) is 0 Å². The van der Waals surface area contributed by atoms with E-state index in [4.69, 9.17) is 4.74 Å². The highest BCUT2D eigenvalue weighted by Crippen LogP contribution is 2.31. The summed E-state index contributed by atoms with van der Waals surface area (Å²) in [7, 11) is 3.89. The monoisotopic (exact) mass is 179 g/mol. The van der Waals surface area contributed by atoms with Gasteiger partial charge in [-0.25, -0.2) is 4.98 Å². The Morgan fingerprint density at radius 3 is 3.23 bits per heavy atom. The second-order valence-electron chi connectivity index (χ2n) is 3.06. The van der Waals surface area contributed by atoms with Gasteiger partial charge in [-0.3, -0.25) is 0 Å². The molecular formula is C9H13N3O. The number of ether oxygens (including phenoxy) is 1. The Morgan fingerprint density at radius 1 is 1.62 bits per heavy atom. The number of pyridine rings is 1. The maximum absolute atomic E-state index is 5.51. The summed E-state index contributed by atoms with van der Waals surface area (Å²) in [6.07, 6.45) is 1.83. The minimum absolute atomic E-state index is 0.747. The first-order valence-electron chi connectivity index (χ1n) is 4.33. The van der Waals surface area contributed by atoms with Gasteiger partial charge in [0.25, 0.3) is 0 Å². The lowest BCUT2D eigenvalue weighted by molar-refractivity contribution is 0.311. The number of fused-ring (bicyclic) bond motifs is 1. The van der Waals surface area contributed by atoms with Gasteiger partial charge in [0.15, 0.2) is 0 Å². The van der Waals surface area contributed by atoms with Gasteiger partial charge >= 0.3 is 0 Å². The highest BCUT2D eigenvalue weighted by atomic mass is 16.5. The minimum Gasteiger partial charge on any atom is -0.489 e. The molecule has 2 heterocycles. The SMILES string of the molecule is CNc1cc2c(cn1)N(C)CCO2. The number of nitrogens with zero attached hydrogens (tertiary/aromatic N) is 2. The van der Waals surface area contributed by atoms with Crippen molar-refractivity contribution in [1.82, 2.24) is 4.98 Å². The molecule has 0 amide bonds. The van der Waals surface area contributed by atoms with Gasteiger partial charge in [0, 0.05) is 20.2 Å². The van der Waals surface area contributed by atoms with E-state index in [1.165, 1.54) is 0 Å². The van der Waals surface area contributed by atoms with Crippen molar-refractivity contribution in [2.75, 3.05) is 37.5 Å². The molecule has 0 bridgehead atoms. The van der Waals surface area contributed by atoms with E-state index in [1.807, 2.05) is 26.4 Å². The number of rotatable bonds is 1. The van der Waals surface area contributed by atoms with Crippen LogP contribution in [0.4, 0.5) is 11.5 Å². The molecule has 0 aliphatic carbocycles. The number of nitrogens with one attached hydrogen (secondary N) is 1. The molecule has 1 aliphatic rings. The van der Waals surface area contributed by atoms with E-state index in [-0.39, 0.29) is 0 Å². The highest BCUT2D eigenvalue weighted by molar-refractivity contribution is 5.61. The van der Waals surface area contributed by atoms with E-state index in [0.717, 1.165) is 30.4 Å². The maximum atomic E-state index is 5.51. The van der Waals surface area contributed by atoms with Crippen LogP contribution in [0, 0.1) is 0 Å². The van der Waals surface area contributed by atoms with Crippen molar-refractivity contribution in [3.63, 3.8) is 0 Å². The van der Waals surface area contributed by atoms with Crippen LogP contribution in [-0.4, -0.2) is 32.2 Å². The van der Waals surface area contributed by atoms with Gasteiger partial charge in [0.2, 0.25) is 0 Å². The molecule has 1 aromatic rings. The first-order valence-corrected chi connectivity index (χ1v) is 4.33. The molecule has 0 saturated carbocycles. The van der Waals surface area contributed by atoms with E-state index in [0.29, 0.717) is 0 Å². The summed E-state index contributed by atoms with van der Waals surface area (Å²) in [6, 6.07) is 1.92. The van der Waals surface area contributed by atoms with Crippen molar-refractivity contribution < 1.29 is 4.74 Å². The van der Waals surface area contributed by atoms with E-state index < -0.39 is 0 Å². The van der Waals surface area contributed by atoms with Crippen LogP contribution in [-0.2, 0) is 0 Å². The molecule has 0 unspecified atom stereocenters. The fourth-order valence-corrected chi connectivity index (χ4v) is 1.38. The predicted octanol–water partition coefficient (Wildman–Crippen LogP) is 0.952. The van der Waals surface area contributed by atoms with Crippen LogP contribution < -0.4 is 15.0 Å². The van der Waals surface area contributed by atoms with Crippen molar-refractivity contribution in [2.45, 2.75) is 0 Å². The quantitative estimate of drug-likeness (QED) is 0.696. The zero-order valence-corrected chi connectivity index (χ0v) is 7.87. The molecule has 13 heavy (non-hydrogen) atoms. The topological polar surface area (TPSA) is 37.4 Å². The maximum Gasteiger partial charge on any atom is 0.147 e. The van der Waals surface area contributed by atoms with Crippen molar-refractivity contribution in [3.05, 3.63) is 12.3 Å². The smallest absolute Gasteiger partial charge is 0.147 e. The second-order valence-corrected chi connectivity index (χ2v) is 3.06. The number of aromatic nitrogens is 1. The van der Waals surface area contributed by atoms with Gasteiger partial charge in [0.1, 0.15) is 18.2 Å². The lowest BCUT2D eigenvalue weighted by atomic mass is 10.3.